The van der Waals surface area contributed by atoms with Gasteiger partial charge in [0.2, 0.25) is 5.91 Å². The lowest BCUT2D eigenvalue weighted by Gasteiger charge is -2.54. The number of benzene rings is 1. The number of alkyl halides is 2. The number of hydrogen-bond donors (Lipinski definition) is 2. The second kappa shape index (κ2) is 10.7. The standard InChI is InChI=1S/C26H35F2N5O3/c1-36-14-13-32-11-9-24(10-12-32)18-33(19-24)23(35)30-21(22(34)31-25(17-29)7-8-25)16-26(27,28)15-20-5-3-2-4-6-20/h2-6,21H,7-16,18-19H2,1H3,(H,30,35)(H,31,34)/t21-/m0/s1. The van der Waals surface area contributed by atoms with Gasteiger partial charge in [-0.1, -0.05) is 30.3 Å². The number of methoxy groups -OCH3 is 1. The fraction of sp³-hybridized carbons (Fsp3) is 0.654. The Labute approximate surface area is 210 Å². The zero-order valence-electron chi connectivity index (χ0n) is 20.8. The van der Waals surface area contributed by atoms with Crippen LogP contribution in [0.3, 0.4) is 0 Å². The molecule has 0 bridgehead atoms. The van der Waals surface area contributed by atoms with Crippen molar-refractivity contribution in [2.45, 2.75) is 56.0 Å². The van der Waals surface area contributed by atoms with Crippen LogP contribution >= 0.6 is 0 Å². The minimum Gasteiger partial charge on any atom is -0.383 e. The Balaban J connectivity index is 1.35. The van der Waals surface area contributed by atoms with Crippen LogP contribution in [0.1, 0.15) is 37.7 Å². The fourth-order valence-electron chi connectivity index (χ4n) is 5.12. The van der Waals surface area contributed by atoms with E-state index in [9.17, 15) is 23.6 Å². The van der Waals surface area contributed by atoms with Crippen LogP contribution in [0.2, 0.25) is 0 Å². The second-order valence-corrected chi connectivity index (χ2v) is 10.6. The van der Waals surface area contributed by atoms with Gasteiger partial charge in [0.05, 0.1) is 12.7 Å². The zero-order valence-corrected chi connectivity index (χ0v) is 20.8. The molecule has 3 amide bonds. The summed E-state index contributed by atoms with van der Waals surface area (Å²) >= 11 is 0. The van der Waals surface area contributed by atoms with Crippen LogP contribution < -0.4 is 10.6 Å². The van der Waals surface area contributed by atoms with Gasteiger partial charge < -0.3 is 25.2 Å². The Hall–Kier alpha value is -2.77. The lowest BCUT2D eigenvalue weighted by Crippen LogP contribution is -2.65. The van der Waals surface area contributed by atoms with E-state index >= 15 is 0 Å². The number of ether oxygens (including phenoxy) is 1. The molecule has 0 radical (unpaired) electrons. The smallest absolute Gasteiger partial charge is 0.318 e. The molecule has 1 aromatic carbocycles. The molecule has 1 spiro atoms. The number of amides is 3. The maximum atomic E-state index is 15.0. The van der Waals surface area contributed by atoms with Crippen molar-refractivity contribution in [1.82, 2.24) is 20.4 Å². The number of halogens is 2. The minimum absolute atomic E-state index is 0.0504. The average Bonchev–Trinajstić information content (AvgIpc) is 3.61. The van der Waals surface area contributed by atoms with Gasteiger partial charge in [0, 0.05) is 45.0 Å². The average molecular weight is 504 g/mol. The summed E-state index contributed by atoms with van der Waals surface area (Å²) in [5.41, 5.74) is -0.508. The molecule has 1 aliphatic carbocycles. The number of rotatable bonds is 10. The Morgan fingerprint density at radius 3 is 2.42 bits per heavy atom. The number of nitrogens with one attached hydrogen (secondary N) is 2. The molecule has 3 fully saturated rings. The maximum absolute atomic E-state index is 15.0. The lowest BCUT2D eigenvalue weighted by atomic mass is 9.72. The van der Waals surface area contributed by atoms with Crippen LogP contribution in [0.5, 0.6) is 0 Å². The van der Waals surface area contributed by atoms with Gasteiger partial charge >= 0.3 is 6.03 Å². The molecule has 8 nitrogen and oxygen atoms in total. The third-order valence-corrected chi connectivity index (χ3v) is 7.62. The first-order valence-corrected chi connectivity index (χ1v) is 12.6. The number of nitriles is 1. The molecule has 0 unspecified atom stereocenters. The van der Waals surface area contributed by atoms with Gasteiger partial charge in [0.15, 0.2) is 0 Å². The van der Waals surface area contributed by atoms with Gasteiger partial charge in [-0.2, -0.15) is 5.26 Å². The van der Waals surface area contributed by atoms with Gasteiger partial charge in [-0.3, -0.25) is 4.79 Å². The van der Waals surface area contributed by atoms with E-state index in [0.29, 0.717) is 38.1 Å². The number of carbonyl (C=O) groups is 2. The highest BCUT2D eigenvalue weighted by atomic mass is 19.3. The lowest BCUT2D eigenvalue weighted by molar-refractivity contribution is -0.126. The van der Waals surface area contributed by atoms with E-state index < -0.39 is 42.3 Å². The van der Waals surface area contributed by atoms with Gasteiger partial charge in [0.1, 0.15) is 11.6 Å². The molecular weight excluding hydrogens is 468 g/mol. The second-order valence-electron chi connectivity index (χ2n) is 10.6. The van der Waals surface area contributed by atoms with Crippen molar-refractivity contribution >= 4 is 11.9 Å². The summed E-state index contributed by atoms with van der Waals surface area (Å²) in [5.74, 6) is -3.96. The highest BCUT2D eigenvalue weighted by Crippen LogP contribution is 2.40. The van der Waals surface area contributed by atoms with Gasteiger partial charge in [0.25, 0.3) is 5.92 Å². The van der Waals surface area contributed by atoms with Crippen LogP contribution in [0.25, 0.3) is 0 Å². The monoisotopic (exact) mass is 503 g/mol. The Kier molecular flexibility index (Phi) is 7.81. The van der Waals surface area contributed by atoms with E-state index in [2.05, 4.69) is 15.5 Å². The van der Waals surface area contributed by atoms with E-state index in [1.54, 1.807) is 42.3 Å². The SMILES string of the molecule is COCCN1CCC2(CC1)CN(C(=O)N[C@@H](CC(F)(F)Cc1ccccc1)C(=O)NC1(C#N)CC1)C2. The minimum atomic E-state index is -3.22. The van der Waals surface area contributed by atoms with Crippen LogP contribution in [-0.2, 0) is 16.0 Å². The van der Waals surface area contributed by atoms with Gasteiger partial charge in [-0.25, -0.2) is 13.6 Å². The molecular formula is C26H35F2N5O3. The van der Waals surface area contributed by atoms with Gasteiger partial charge in [-0.05, 0) is 44.3 Å². The number of likely N-dealkylation sites (tertiary alicyclic amines) is 2. The molecule has 0 aromatic heterocycles. The van der Waals surface area contributed by atoms with Gasteiger partial charge in [-0.15, -0.1) is 0 Å². The highest BCUT2D eigenvalue weighted by molar-refractivity contribution is 5.88. The van der Waals surface area contributed by atoms with E-state index in [1.165, 1.54) is 0 Å². The Morgan fingerprint density at radius 1 is 1.17 bits per heavy atom. The zero-order chi connectivity index (χ0) is 25.8. The summed E-state index contributed by atoms with van der Waals surface area (Å²) in [4.78, 5) is 29.8. The van der Waals surface area contributed by atoms with Crippen molar-refractivity contribution in [1.29, 1.82) is 5.26 Å². The van der Waals surface area contributed by atoms with E-state index in [0.717, 1.165) is 32.5 Å². The molecule has 1 atom stereocenters. The molecule has 2 N–H and O–H groups in total. The van der Waals surface area contributed by atoms with Crippen molar-refractivity contribution < 1.29 is 23.1 Å². The third kappa shape index (κ3) is 6.51. The molecule has 196 valence electrons. The van der Waals surface area contributed by atoms with E-state index in [1.807, 2.05) is 6.07 Å². The molecule has 2 heterocycles. The van der Waals surface area contributed by atoms with Crippen LogP contribution in [0, 0.1) is 16.7 Å². The topological polar surface area (TPSA) is 97.7 Å². The normalized spacial score (nSPS) is 21.2. The molecule has 2 aliphatic heterocycles. The third-order valence-electron chi connectivity index (χ3n) is 7.62. The van der Waals surface area contributed by atoms with Crippen molar-refractivity contribution in [3.05, 3.63) is 35.9 Å². The molecule has 2 saturated heterocycles. The summed E-state index contributed by atoms with van der Waals surface area (Å²) in [5, 5.41) is 14.5. The number of hydrogen-bond acceptors (Lipinski definition) is 5. The van der Waals surface area contributed by atoms with Crippen LogP contribution in [-0.4, -0.2) is 85.7 Å². The summed E-state index contributed by atoms with van der Waals surface area (Å²) in [7, 11) is 1.68. The quantitative estimate of drug-likeness (QED) is 0.512. The van der Waals surface area contributed by atoms with Crippen LogP contribution in [0.15, 0.2) is 30.3 Å². The first kappa shape index (κ1) is 26.3. The predicted octanol–water partition coefficient (Wildman–Crippen LogP) is 2.55. The summed E-state index contributed by atoms with van der Waals surface area (Å²) in [6.07, 6.45) is 1.50. The number of nitrogens with zero attached hydrogens (tertiary/aromatic N) is 3. The Morgan fingerprint density at radius 2 is 1.83 bits per heavy atom. The van der Waals surface area contributed by atoms with E-state index in [-0.39, 0.29) is 5.41 Å². The van der Waals surface area contributed by atoms with E-state index in [4.69, 9.17) is 4.74 Å². The molecule has 1 aromatic rings. The first-order chi connectivity index (χ1) is 17.2. The largest absolute Gasteiger partial charge is 0.383 e. The summed E-state index contributed by atoms with van der Waals surface area (Å²) < 4.78 is 35.1. The first-order valence-electron chi connectivity index (χ1n) is 12.6. The number of piperidine rings is 1. The molecule has 10 heteroatoms. The molecule has 1 saturated carbocycles. The highest BCUT2D eigenvalue weighted by Gasteiger charge is 2.49. The predicted molar refractivity (Wildman–Crippen MR) is 129 cm³/mol. The number of carbonyl (C=O) groups excluding carboxylic acids is 2. The summed E-state index contributed by atoms with van der Waals surface area (Å²) in [6, 6.07) is 8.42. The summed E-state index contributed by atoms with van der Waals surface area (Å²) in [6.45, 7) is 4.54. The van der Waals surface area contributed by atoms with Crippen molar-refractivity contribution in [2.24, 2.45) is 5.41 Å². The fourth-order valence-corrected chi connectivity index (χ4v) is 5.12. The number of urea groups is 1. The molecule has 4 rings (SSSR count). The van der Waals surface area contributed by atoms with Crippen molar-refractivity contribution in [3.63, 3.8) is 0 Å². The molecule has 3 aliphatic rings. The van der Waals surface area contributed by atoms with Crippen LogP contribution in [0.4, 0.5) is 13.6 Å². The maximum Gasteiger partial charge on any atom is 0.318 e. The molecule has 36 heavy (non-hydrogen) atoms. The Bertz CT molecular complexity index is 964. The van der Waals surface area contributed by atoms with Crippen molar-refractivity contribution in [2.75, 3.05) is 46.4 Å². The van der Waals surface area contributed by atoms with Crippen molar-refractivity contribution in [3.8, 4) is 6.07 Å².